The van der Waals surface area contributed by atoms with E-state index in [1.54, 1.807) is 24.3 Å². The number of aliphatic hydroxyl groups excluding tert-OH is 1. The molecule has 0 radical (unpaired) electrons. The summed E-state index contributed by atoms with van der Waals surface area (Å²) in [5.74, 6) is -3.45. The molecule has 164 valence electrons. The van der Waals surface area contributed by atoms with Crippen molar-refractivity contribution in [1.82, 2.24) is 19.7 Å². The number of hydrogen-bond acceptors (Lipinski definition) is 6. The van der Waals surface area contributed by atoms with Crippen molar-refractivity contribution in [2.24, 2.45) is 0 Å². The van der Waals surface area contributed by atoms with Crippen LogP contribution in [-0.4, -0.2) is 37.1 Å². The third-order valence-electron chi connectivity index (χ3n) is 4.83. The number of nitrogen functional groups attached to an aromatic ring is 2. The summed E-state index contributed by atoms with van der Waals surface area (Å²) in [6.07, 6.45) is -0.182. The standard InChI is InChI=1S/C20H16F3N7OS/c1-29(20(31)32)16-17(24)26-19(27-18(16)25)30-14-5-3-2-4-11(14)13(28-30)7-9-6-10(21)8-12(22)15(9)23/h2-6,8H,7H2,1H3,(H,31,32)(H4,24,25,26,27). The van der Waals surface area contributed by atoms with Gasteiger partial charge in [-0.05, 0) is 29.9 Å². The quantitative estimate of drug-likeness (QED) is 0.314. The summed E-state index contributed by atoms with van der Waals surface area (Å²) < 4.78 is 42.8. The molecule has 0 aliphatic carbocycles. The van der Waals surface area contributed by atoms with E-state index in [1.165, 1.54) is 11.7 Å². The number of nitrogens with two attached hydrogens (primary N) is 2. The van der Waals surface area contributed by atoms with E-state index in [9.17, 15) is 18.3 Å². The van der Waals surface area contributed by atoms with E-state index in [0.29, 0.717) is 22.7 Å². The second kappa shape index (κ2) is 7.96. The molecule has 32 heavy (non-hydrogen) atoms. The zero-order valence-corrected chi connectivity index (χ0v) is 17.4. The number of halogens is 3. The molecule has 0 atom stereocenters. The molecule has 0 fully saturated rings. The number of anilines is 3. The summed E-state index contributed by atoms with van der Waals surface area (Å²) in [6.45, 7) is 0. The number of rotatable bonds is 4. The van der Waals surface area contributed by atoms with Crippen LogP contribution in [0.2, 0.25) is 0 Å². The maximum absolute atomic E-state index is 14.2. The summed E-state index contributed by atoms with van der Waals surface area (Å²) in [7, 11) is 1.45. The first-order valence-electron chi connectivity index (χ1n) is 9.17. The van der Waals surface area contributed by atoms with Crippen LogP contribution in [0.1, 0.15) is 11.3 Å². The van der Waals surface area contributed by atoms with Gasteiger partial charge < -0.3 is 16.6 Å². The van der Waals surface area contributed by atoms with Gasteiger partial charge in [0.1, 0.15) is 11.5 Å². The molecule has 4 rings (SSSR count). The Morgan fingerprint density at radius 2 is 1.78 bits per heavy atom. The number of para-hydroxylation sites is 1. The number of benzene rings is 2. The molecule has 2 aromatic heterocycles. The highest BCUT2D eigenvalue weighted by atomic mass is 32.1. The molecule has 0 aliphatic rings. The highest BCUT2D eigenvalue weighted by Gasteiger charge is 2.21. The first-order chi connectivity index (χ1) is 15.2. The third kappa shape index (κ3) is 3.64. The topological polar surface area (TPSA) is 119 Å². The minimum atomic E-state index is -1.28. The van der Waals surface area contributed by atoms with E-state index >= 15 is 0 Å². The van der Waals surface area contributed by atoms with Gasteiger partial charge >= 0.3 is 0 Å². The Labute approximate surface area is 184 Å². The molecular weight excluding hydrogens is 443 g/mol. The number of aromatic nitrogens is 4. The van der Waals surface area contributed by atoms with Crippen molar-refractivity contribution in [3.05, 3.63) is 65.1 Å². The van der Waals surface area contributed by atoms with Crippen molar-refractivity contribution in [1.29, 1.82) is 0 Å². The first kappa shape index (κ1) is 21.3. The largest absolute Gasteiger partial charge is 0.486 e. The van der Waals surface area contributed by atoms with Crippen LogP contribution in [0.25, 0.3) is 16.9 Å². The molecule has 2 aromatic carbocycles. The van der Waals surface area contributed by atoms with Gasteiger partial charge in [0.2, 0.25) is 0 Å². The van der Waals surface area contributed by atoms with Crippen molar-refractivity contribution in [2.75, 3.05) is 23.4 Å². The average Bonchev–Trinajstić information content (AvgIpc) is 3.09. The molecule has 0 saturated carbocycles. The molecule has 8 nitrogen and oxygen atoms in total. The van der Waals surface area contributed by atoms with Crippen molar-refractivity contribution in [3.63, 3.8) is 0 Å². The minimum absolute atomic E-state index is 0.00866. The van der Waals surface area contributed by atoms with Gasteiger partial charge in [-0.25, -0.2) is 13.2 Å². The smallest absolute Gasteiger partial charge is 0.261 e. The van der Waals surface area contributed by atoms with Gasteiger partial charge in [0.25, 0.3) is 11.1 Å². The van der Waals surface area contributed by atoms with Crippen molar-refractivity contribution >= 4 is 45.6 Å². The lowest BCUT2D eigenvalue weighted by Gasteiger charge is -2.19. The van der Waals surface area contributed by atoms with Crippen molar-refractivity contribution in [2.45, 2.75) is 6.42 Å². The molecule has 2 heterocycles. The zero-order chi connectivity index (χ0) is 23.2. The Bertz CT molecular complexity index is 1350. The van der Waals surface area contributed by atoms with E-state index < -0.39 is 22.6 Å². The Morgan fingerprint density at radius 1 is 1.12 bits per heavy atom. The molecule has 4 aromatic rings. The van der Waals surface area contributed by atoms with Gasteiger partial charge in [-0.2, -0.15) is 19.7 Å². The fourth-order valence-corrected chi connectivity index (χ4v) is 3.44. The van der Waals surface area contributed by atoms with Crippen molar-refractivity contribution < 1.29 is 18.3 Å². The minimum Gasteiger partial charge on any atom is -0.486 e. The second-order valence-electron chi connectivity index (χ2n) is 6.90. The number of nitrogens with zero attached hydrogens (tertiary/aromatic N) is 5. The van der Waals surface area contributed by atoms with Gasteiger partial charge in [0.05, 0.1) is 11.2 Å². The molecule has 5 N–H and O–H groups in total. The monoisotopic (exact) mass is 459 g/mol. The summed E-state index contributed by atoms with van der Waals surface area (Å²) in [6, 6.07) is 8.32. The molecule has 12 heteroatoms. The van der Waals surface area contributed by atoms with Crippen LogP contribution in [0.15, 0.2) is 36.4 Å². The highest BCUT2D eigenvalue weighted by Crippen LogP contribution is 2.30. The Hall–Kier alpha value is -3.93. The fourth-order valence-electron chi connectivity index (χ4n) is 3.34. The van der Waals surface area contributed by atoms with Crippen LogP contribution in [0, 0.1) is 17.5 Å². The predicted molar refractivity (Wildman–Crippen MR) is 118 cm³/mol. The summed E-state index contributed by atoms with van der Waals surface area (Å²) in [5.41, 5.74) is 12.8. The molecule has 0 saturated heterocycles. The SMILES string of the molecule is CN(C(O)=S)c1c(N)nc(-n2nc(Cc3cc(F)cc(F)c3F)c3ccccc32)nc1N. The number of hydrogen-bond donors (Lipinski definition) is 3. The van der Waals surface area contributed by atoms with E-state index in [0.717, 1.165) is 11.0 Å². The molecule has 0 spiro atoms. The lowest BCUT2D eigenvalue weighted by molar-refractivity contribution is 0.486. The Morgan fingerprint density at radius 3 is 2.44 bits per heavy atom. The highest BCUT2D eigenvalue weighted by molar-refractivity contribution is 7.80. The van der Waals surface area contributed by atoms with E-state index in [1.807, 2.05) is 0 Å². The maximum Gasteiger partial charge on any atom is 0.261 e. The van der Waals surface area contributed by atoms with Crippen LogP contribution in [-0.2, 0) is 6.42 Å². The van der Waals surface area contributed by atoms with Gasteiger partial charge in [-0.1, -0.05) is 18.2 Å². The molecular formula is C20H16F3N7OS. The van der Waals surface area contributed by atoms with Gasteiger partial charge in [0.15, 0.2) is 23.3 Å². The van der Waals surface area contributed by atoms with Gasteiger partial charge in [-0.15, -0.1) is 0 Å². The van der Waals surface area contributed by atoms with E-state index in [2.05, 4.69) is 15.1 Å². The van der Waals surface area contributed by atoms with Crippen molar-refractivity contribution in [3.8, 4) is 5.95 Å². The van der Waals surface area contributed by atoms with Crippen LogP contribution >= 0.6 is 12.2 Å². The molecule has 0 amide bonds. The first-order valence-corrected chi connectivity index (χ1v) is 9.58. The van der Waals surface area contributed by atoms with Crippen LogP contribution < -0.4 is 16.4 Å². The number of fused-ring (bicyclic) bond motifs is 1. The maximum atomic E-state index is 14.2. The molecule has 0 unspecified atom stereocenters. The average molecular weight is 459 g/mol. The van der Waals surface area contributed by atoms with Crippen LogP contribution in [0.5, 0.6) is 0 Å². The summed E-state index contributed by atoms with van der Waals surface area (Å²) >= 11 is 4.72. The summed E-state index contributed by atoms with van der Waals surface area (Å²) in [5, 5.41) is 14.1. The lowest BCUT2D eigenvalue weighted by atomic mass is 10.1. The van der Waals surface area contributed by atoms with E-state index in [-0.39, 0.29) is 35.3 Å². The van der Waals surface area contributed by atoms with Gasteiger partial charge in [-0.3, -0.25) is 4.90 Å². The van der Waals surface area contributed by atoms with Gasteiger partial charge in [0, 0.05) is 24.9 Å². The Kier molecular flexibility index (Phi) is 5.30. The Balaban J connectivity index is 1.85. The van der Waals surface area contributed by atoms with E-state index in [4.69, 9.17) is 23.7 Å². The fraction of sp³-hybridized carbons (Fsp3) is 0.100. The third-order valence-corrected chi connectivity index (χ3v) is 5.10. The number of aliphatic hydroxyl groups is 1. The molecule has 0 aliphatic heterocycles. The zero-order valence-electron chi connectivity index (χ0n) is 16.6. The predicted octanol–water partition coefficient (Wildman–Crippen LogP) is 3.27. The summed E-state index contributed by atoms with van der Waals surface area (Å²) in [4.78, 5) is 9.56. The number of thiocarbonyl (C=S) groups is 1. The molecule has 0 bridgehead atoms. The second-order valence-corrected chi connectivity index (χ2v) is 7.26. The van der Waals surface area contributed by atoms with Crippen LogP contribution in [0.4, 0.5) is 30.5 Å². The lowest BCUT2D eigenvalue weighted by Crippen LogP contribution is -2.27. The normalized spacial score (nSPS) is 11.1. The van der Waals surface area contributed by atoms with Crippen LogP contribution in [0.3, 0.4) is 0 Å².